The third-order valence-corrected chi connectivity index (χ3v) is 2.94. The lowest BCUT2D eigenvalue weighted by molar-refractivity contribution is 0.0965. The van der Waals surface area contributed by atoms with Gasteiger partial charge in [-0.25, -0.2) is 13.2 Å². The summed E-state index contributed by atoms with van der Waals surface area (Å²) in [5, 5.41) is 0. The lowest BCUT2D eigenvalue weighted by Gasteiger charge is -1.99. The number of benzene rings is 1. The first-order valence-corrected chi connectivity index (χ1v) is 4.80. The van der Waals surface area contributed by atoms with Crippen molar-refractivity contribution in [1.82, 2.24) is 0 Å². The van der Waals surface area contributed by atoms with Gasteiger partial charge in [0.25, 0.3) is 5.92 Å². The quantitative estimate of drug-likeness (QED) is 0.670. The van der Waals surface area contributed by atoms with E-state index in [2.05, 4.69) is 0 Å². The van der Waals surface area contributed by atoms with Crippen molar-refractivity contribution >= 4 is 11.6 Å². The van der Waals surface area contributed by atoms with E-state index in [0.29, 0.717) is 0 Å². The molecular formula is C10H8ClF3. The highest BCUT2D eigenvalue weighted by atomic mass is 35.5. The molecule has 14 heavy (non-hydrogen) atoms. The number of rotatable bonds is 2. The lowest BCUT2D eigenvalue weighted by atomic mass is 10.1. The molecule has 0 radical (unpaired) electrons. The molecule has 1 saturated carbocycles. The van der Waals surface area contributed by atoms with Crippen molar-refractivity contribution in [2.75, 3.05) is 5.88 Å². The highest BCUT2D eigenvalue weighted by Gasteiger charge is 2.68. The van der Waals surface area contributed by atoms with E-state index in [1.807, 2.05) is 0 Å². The molecule has 0 aliphatic heterocycles. The van der Waals surface area contributed by atoms with Crippen molar-refractivity contribution in [1.29, 1.82) is 0 Å². The van der Waals surface area contributed by atoms with E-state index >= 15 is 0 Å². The van der Waals surface area contributed by atoms with Crippen LogP contribution in [0.4, 0.5) is 13.2 Å². The van der Waals surface area contributed by atoms with Crippen molar-refractivity contribution < 1.29 is 13.2 Å². The number of hydrogen-bond donors (Lipinski definition) is 0. The van der Waals surface area contributed by atoms with E-state index in [1.54, 1.807) is 6.07 Å². The maximum absolute atomic E-state index is 13.2. The average molecular weight is 221 g/mol. The van der Waals surface area contributed by atoms with Crippen LogP contribution in [0.1, 0.15) is 11.5 Å². The average Bonchev–Trinajstić information content (AvgIpc) is 2.69. The Balaban J connectivity index is 2.31. The monoisotopic (exact) mass is 220 g/mol. The molecule has 0 amide bonds. The van der Waals surface area contributed by atoms with Crippen molar-refractivity contribution in [3.05, 3.63) is 35.6 Å². The van der Waals surface area contributed by atoms with Crippen LogP contribution in [0.15, 0.2) is 24.3 Å². The second kappa shape index (κ2) is 3.16. The summed E-state index contributed by atoms with van der Waals surface area (Å²) in [5.41, 5.74) is 0.0724. The molecule has 2 atom stereocenters. The van der Waals surface area contributed by atoms with Crippen molar-refractivity contribution in [2.45, 2.75) is 11.8 Å². The Bertz CT molecular complexity index is 351. The molecule has 0 saturated heterocycles. The zero-order valence-corrected chi connectivity index (χ0v) is 7.94. The molecule has 0 bridgehead atoms. The van der Waals surface area contributed by atoms with Crippen LogP contribution in [0.25, 0.3) is 0 Å². The Morgan fingerprint density at radius 3 is 2.43 bits per heavy atom. The van der Waals surface area contributed by atoms with Gasteiger partial charge in [0.15, 0.2) is 0 Å². The van der Waals surface area contributed by atoms with Gasteiger partial charge in [0.05, 0.1) is 5.92 Å². The Morgan fingerprint density at radius 1 is 1.29 bits per heavy atom. The van der Waals surface area contributed by atoms with Gasteiger partial charge in [-0.15, -0.1) is 11.6 Å². The topological polar surface area (TPSA) is 0 Å². The summed E-state index contributed by atoms with van der Waals surface area (Å²) in [5.74, 6) is -5.51. The number of alkyl halides is 3. The predicted molar refractivity (Wildman–Crippen MR) is 48.3 cm³/mol. The Hall–Kier alpha value is -0.700. The first-order chi connectivity index (χ1) is 6.59. The SMILES string of the molecule is Fc1ccccc1C1C(CCl)C1(F)F. The van der Waals surface area contributed by atoms with Gasteiger partial charge >= 0.3 is 0 Å². The minimum atomic E-state index is -2.84. The fourth-order valence-corrected chi connectivity index (χ4v) is 2.12. The summed E-state index contributed by atoms with van der Waals surface area (Å²) in [6.45, 7) is 0. The van der Waals surface area contributed by atoms with Crippen LogP contribution in [0.5, 0.6) is 0 Å². The molecule has 1 aliphatic carbocycles. The highest BCUT2D eigenvalue weighted by molar-refractivity contribution is 6.18. The molecule has 0 N–H and O–H groups in total. The van der Waals surface area contributed by atoms with Crippen molar-refractivity contribution in [2.24, 2.45) is 5.92 Å². The van der Waals surface area contributed by atoms with E-state index in [0.717, 1.165) is 0 Å². The van der Waals surface area contributed by atoms with Crippen LogP contribution in [0, 0.1) is 11.7 Å². The number of halogens is 4. The van der Waals surface area contributed by atoms with Gasteiger partial charge < -0.3 is 0 Å². The van der Waals surface area contributed by atoms with Gasteiger partial charge in [-0.3, -0.25) is 0 Å². The lowest BCUT2D eigenvalue weighted by Crippen LogP contribution is -1.96. The minimum absolute atomic E-state index is 0.0724. The van der Waals surface area contributed by atoms with Gasteiger partial charge in [0.2, 0.25) is 0 Å². The summed E-state index contributed by atoms with van der Waals surface area (Å²) >= 11 is 5.38. The van der Waals surface area contributed by atoms with E-state index < -0.39 is 23.6 Å². The smallest absolute Gasteiger partial charge is 0.207 e. The molecule has 0 aromatic heterocycles. The predicted octanol–water partition coefficient (Wildman–Crippen LogP) is 3.41. The standard InChI is InChI=1S/C10H8ClF3/c11-5-7-9(10(7,13)14)6-3-1-2-4-8(6)12/h1-4,7,9H,5H2. The summed E-state index contributed by atoms with van der Waals surface area (Å²) in [7, 11) is 0. The minimum Gasteiger partial charge on any atom is -0.207 e. The molecule has 0 heterocycles. The van der Waals surface area contributed by atoms with Crippen molar-refractivity contribution in [3.63, 3.8) is 0 Å². The summed E-state index contributed by atoms with van der Waals surface area (Å²) < 4.78 is 39.3. The zero-order chi connectivity index (χ0) is 10.3. The summed E-state index contributed by atoms with van der Waals surface area (Å²) in [6, 6.07) is 5.61. The molecule has 76 valence electrons. The third kappa shape index (κ3) is 1.31. The second-order valence-corrected chi connectivity index (χ2v) is 3.74. The fourth-order valence-electron chi connectivity index (χ4n) is 1.73. The normalized spacial score (nSPS) is 28.9. The van der Waals surface area contributed by atoms with Crippen LogP contribution in [-0.2, 0) is 0 Å². The number of hydrogen-bond acceptors (Lipinski definition) is 0. The molecule has 2 rings (SSSR count). The van der Waals surface area contributed by atoms with E-state index in [9.17, 15) is 13.2 Å². The van der Waals surface area contributed by atoms with Gasteiger partial charge in [0.1, 0.15) is 5.82 Å². The zero-order valence-electron chi connectivity index (χ0n) is 7.18. The first kappa shape index (κ1) is 9.84. The fraction of sp³-hybridized carbons (Fsp3) is 0.400. The van der Waals surface area contributed by atoms with Crippen LogP contribution < -0.4 is 0 Å². The molecule has 1 aliphatic rings. The van der Waals surface area contributed by atoms with Gasteiger partial charge in [-0.05, 0) is 11.6 Å². The molecule has 1 fully saturated rings. The first-order valence-electron chi connectivity index (χ1n) is 4.27. The maximum atomic E-state index is 13.2. The van der Waals surface area contributed by atoms with Gasteiger partial charge in [-0.1, -0.05) is 18.2 Å². The third-order valence-electron chi connectivity index (χ3n) is 2.61. The van der Waals surface area contributed by atoms with E-state index in [1.165, 1.54) is 18.2 Å². The van der Waals surface area contributed by atoms with Crippen LogP contribution >= 0.6 is 11.6 Å². The van der Waals surface area contributed by atoms with Crippen LogP contribution in [-0.4, -0.2) is 11.8 Å². The molecule has 1 aromatic carbocycles. The van der Waals surface area contributed by atoms with Gasteiger partial charge in [0, 0.05) is 11.8 Å². The highest BCUT2D eigenvalue weighted by Crippen LogP contribution is 2.62. The van der Waals surface area contributed by atoms with Gasteiger partial charge in [-0.2, -0.15) is 0 Å². The molecular weight excluding hydrogens is 213 g/mol. The molecule has 0 spiro atoms. The maximum Gasteiger partial charge on any atom is 0.260 e. The summed E-state index contributed by atoms with van der Waals surface area (Å²) in [6.07, 6.45) is 0. The second-order valence-electron chi connectivity index (χ2n) is 3.43. The summed E-state index contributed by atoms with van der Waals surface area (Å²) in [4.78, 5) is 0. The Kier molecular flexibility index (Phi) is 2.22. The van der Waals surface area contributed by atoms with Crippen LogP contribution in [0.3, 0.4) is 0 Å². The molecule has 4 heteroatoms. The van der Waals surface area contributed by atoms with Crippen molar-refractivity contribution in [3.8, 4) is 0 Å². The molecule has 0 nitrogen and oxygen atoms in total. The Labute approximate surface area is 84.7 Å². The molecule has 1 aromatic rings. The molecule has 2 unspecified atom stereocenters. The largest absolute Gasteiger partial charge is 0.260 e. The Morgan fingerprint density at radius 2 is 1.93 bits per heavy atom. The van der Waals surface area contributed by atoms with E-state index in [4.69, 9.17) is 11.6 Å². The van der Waals surface area contributed by atoms with Crippen LogP contribution in [0.2, 0.25) is 0 Å². The van der Waals surface area contributed by atoms with E-state index in [-0.39, 0.29) is 11.4 Å².